The molecule has 2 aliphatic rings. The Balaban J connectivity index is 2.08. The van der Waals surface area contributed by atoms with Gasteiger partial charge in [0.25, 0.3) is 0 Å². The number of rotatable bonds is 0. The summed E-state index contributed by atoms with van der Waals surface area (Å²) in [4.78, 5) is 4.51. The standard InChI is InChI=1S/C17H14N2/c1-11-6-7-15-17-13(8-9-18-15)12-4-2-3-5-14(12)19-16(17)10-11/h2-11,19H,1H3. The summed E-state index contributed by atoms with van der Waals surface area (Å²) in [6.45, 7) is 2.19. The highest BCUT2D eigenvalue weighted by Gasteiger charge is 2.23. The van der Waals surface area contributed by atoms with Crippen LogP contribution in [0.3, 0.4) is 0 Å². The molecule has 0 fully saturated rings. The van der Waals surface area contributed by atoms with Crippen molar-refractivity contribution in [3.63, 3.8) is 0 Å². The van der Waals surface area contributed by atoms with E-state index in [1.165, 1.54) is 28.1 Å². The lowest BCUT2D eigenvalue weighted by molar-refractivity contribution is 0.949. The van der Waals surface area contributed by atoms with Crippen LogP contribution in [0.4, 0.5) is 5.69 Å². The molecule has 0 bridgehead atoms. The molecular weight excluding hydrogens is 232 g/mol. The summed E-state index contributed by atoms with van der Waals surface area (Å²) in [7, 11) is 0. The lowest BCUT2D eigenvalue weighted by Gasteiger charge is -2.25. The average molecular weight is 246 g/mol. The lowest BCUT2D eigenvalue weighted by Crippen LogP contribution is -2.10. The van der Waals surface area contributed by atoms with Crippen molar-refractivity contribution in [2.75, 3.05) is 5.32 Å². The second kappa shape index (κ2) is 3.82. The van der Waals surface area contributed by atoms with E-state index in [4.69, 9.17) is 0 Å². The van der Waals surface area contributed by atoms with Gasteiger partial charge in [0.05, 0.1) is 5.69 Å². The largest absolute Gasteiger partial charge is 0.355 e. The monoisotopic (exact) mass is 246 g/mol. The van der Waals surface area contributed by atoms with E-state index in [1.54, 1.807) is 0 Å². The van der Waals surface area contributed by atoms with Gasteiger partial charge in [-0.2, -0.15) is 0 Å². The summed E-state index contributed by atoms with van der Waals surface area (Å²) in [5, 5.41) is 3.55. The third-order valence-electron chi connectivity index (χ3n) is 3.72. The molecular formula is C17H14N2. The Morgan fingerprint density at radius 1 is 1.11 bits per heavy atom. The molecule has 19 heavy (non-hydrogen) atoms. The first kappa shape index (κ1) is 10.6. The van der Waals surface area contributed by atoms with Crippen LogP contribution in [0.15, 0.2) is 48.7 Å². The van der Waals surface area contributed by atoms with E-state index < -0.39 is 0 Å². The van der Waals surface area contributed by atoms with Gasteiger partial charge in [0, 0.05) is 28.7 Å². The van der Waals surface area contributed by atoms with Crippen LogP contribution in [-0.4, -0.2) is 4.98 Å². The van der Waals surface area contributed by atoms with E-state index in [1.807, 2.05) is 6.20 Å². The van der Waals surface area contributed by atoms with Crippen molar-refractivity contribution in [3.05, 3.63) is 59.9 Å². The summed E-state index contributed by atoms with van der Waals surface area (Å²) in [6.07, 6.45) is 8.49. The van der Waals surface area contributed by atoms with E-state index in [2.05, 4.69) is 65.8 Å². The first-order valence-electron chi connectivity index (χ1n) is 6.59. The summed E-state index contributed by atoms with van der Waals surface area (Å²) >= 11 is 0. The summed E-state index contributed by atoms with van der Waals surface area (Å²) in [5.41, 5.74) is 7.14. The van der Waals surface area contributed by atoms with Crippen LogP contribution in [-0.2, 0) is 0 Å². The topological polar surface area (TPSA) is 24.9 Å². The van der Waals surface area contributed by atoms with Gasteiger partial charge in [-0.1, -0.05) is 37.3 Å². The van der Waals surface area contributed by atoms with Gasteiger partial charge in [-0.05, 0) is 29.7 Å². The molecule has 0 saturated heterocycles. The van der Waals surface area contributed by atoms with Crippen molar-refractivity contribution < 1.29 is 0 Å². The predicted octanol–water partition coefficient (Wildman–Crippen LogP) is 4.18. The number of para-hydroxylation sites is 1. The molecule has 2 heterocycles. The Bertz CT molecular complexity index is 726. The van der Waals surface area contributed by atoms with Crippen molar-refractivity contribution in [3.8, 4) is 11.1 Å². The van der Waals surface area contributed by atoms with Gasteiger partial charge >= 0.3 is 0 Å². The highest BCUT2D eigenvalue weighted by molar-refractivity contribution is 5.99. The minimum absolute atomic E-state index is 0.412. The Morgan fingerprint density at radius 3 is 2.95 bits per heavy atom. The zero-order valence-corrected chi connectivity index (χ0v) is 10.7. The minimum Gasteiger partial charge on any atom is -0.355 e. The average Bonchev–Trinajstić information content (AvgIpc) is 2.60. The van der Waals surface area contributed by atoms with Crippen molar-refractivity contribution in [2.45, 2.75) is 6.92 Å². The van der Waals surface area contributed by atoms with E-state index in [0.29, 0.717) is 5.92 Å². The number of benzene rings is 1. The van der Waals surface area contributed by atoms with Crippen LogP contribution in [0.25, 0.3) is 22.9 Å². The number of aromatic nitrogens is 1. The number of fused-ring (bicyclic) bond motifs is 2. The number of allylic oxidation sites excluding steroid dienone is 2. The maximum absolute atomic E-state index is 4.51. The molecule has 1 aliphatic heterocycles. The molecule has 2 aromatic rings. The molecule has 2 nitrogen and oxygen atoms in total. The third-order valence-corrected chi connectivity index (χ3v) is 3.72. The molecule has 0 spiro atoms. The van der Waals surface area contributed by atoms with E-state index in [9.17, 15) is 0 Å². The van der Waals surface area contributed by atoms with E-state index in [-0.39, 0.29) is 0 Å². The maximum Gasteiger partial charge on any atom is 0.0726 e. The molecule has 1 aromatic carbocycles. The first-order valence-corrected chi connectivity index (χ1v) is 6.59. The van der Waals surface area contributed by atoms with Gasteiger partial charge in [-0.3, -0.25) is 4.98 Å². The molecule has 1 unspecified atom stereocenters. The second-order valence-corrected chi connectivity index (χ2v) is 5.09. The van der Waals surface area contributed by atoms with Gasteiger partial charge in [0.2, 0.25) is 0 Å². The van der Waals surface area contributed by atoms with Crippen LogP contribution < -0.4 is 5.32 Å². The van der Waals surface area contributed by atoms with Gasteiger partial charge in [-0.25, -0.2) is 0 Å². The smallest absolute Gasteiger partial charge is 0.0726 e. The molecule has 1 aliphatic carbocycles. The number of hydrogen-bond acceptors (Lipinski definition) is 2. The summed E-state index contributed by atoms with van der Waals surface area (Å²) in [6, 6.07) is 10.5. The number of nitrogens with zero attached hydrogens (tertiary/aromatic N) is 1. The summed E-state index contributed by atoms with van der Waals surface area (Å²) in [5.74, 6) is 0.412. The van der Waals surface area contributed by atoms with Crippen LogP contribution in [0.2, 0.25) is 0 Å². The number of nitrogens with one attached hydrogen (secondary N) is 1. The SMILES string of the molecule is CC1C=Cc2nccc3c2C(=C1)Nc1ccccc1-3. The quantitative estimate of drug-likeness (QED) is 0.754. The van der Waals surface area contributed by atoms with E-state index in [0.717, 1.165) is 5.69 Å². The van der Waals surface area contributed by atoms with E-state index >= 15 is 0 Å². The molecule has 4 rings (SSSR count). The number of hydrogen-bond donors (Lipinski definition) is 1. The number of anilines is 1. The second-order valence-electron chi connectivity index (χ2n) is 5.09. The number of pyridine rings is 1. The Kier molecular flexibility index (Phi) is 2.12. The van der Waals surface area contributed by atoms with Crippen LogP contribution >= 0.6 is 0 Å². The van der Waals surface area contributed by atoms with Gasteiger partial charge < -0.3 is 5.32 Å². The fourth-order valence-corrected chi connectivity index (χ4v) is 2.83. The molecule has 0 radical (unpaired) electrons. The first-order chi connectivity index (χ1) is 9.33. The minimum atomic E-state index is 0.412. The summed E-state index contributed by atoms with van der Waals surface area (Å²) < 4.78 is 0. The lowest BCUT2D eigenvalue weighted by atomic mass is 9.92. The molecule has 92 valence electrons. The fraction of sp³-hybridized carbons (Fsp3) is 0.118. The Morgan fingerprint density at radius 2 is 2.00 bits per heavy atom. The molecule has 0 saturated carbocycles. The maximum atomic E-state index is 4.51. The zero-order valence-electron chi connectivity index (χ0n) is 10.7. The van der Waals surface area contributed by atoms with Crippen LogP contribution in [0, 0.1) is 5.92 Å². The van der Waals surface area contributed by atoms with Gasteiger partial charge in [0.1, 0.15) is 0 Å². The molecule has 1 aromatic heterocycles. The van der Waals surface area contributed by atoms with Crippen molar-refractivity contribution >= 4 is 17.5 Å². The van der Waals surface area contributed by atoms with Crippen molar-refractivity contribution in [1.82, 2.24) is 4.98 Å². The molecule has 0 amide bonds. The Hall–Kier alpha value is -2.35. The molecule has 1 N–H and O–H groups in total. The third kappa shape index (κ3) is 1.53. The van der Waals surface area contributed by atoms with Crippen molar-refractivity contribution in [2.24, 2.45) is 5.92 Å². The Labute approximate surface area is 112 Å². The highest BCUT2D eigenvalue weighted by atomic mass is 14.9. The normalized spacial score (nSPS) is 18.8. The predicted molar refractivity (Wildman–Crippen MR) is 79.5 cm³/mol. The zero-order chi connectivity index (χ0) is 12.8. The van der Waals surface area contributed by atoms with Crippen LogP contribution in [0.1, 0.15) is 18.2 Å². The highest BCUT2D eigenvalue weighted by Crippen LogP contribution is 2.42. The van der Waals surface area contributed by atoms with Crippen LogP contribution in [0.5, 0.6) is 0 Å². The van der Waals surface area contributed by atoms with Gasteiger partial charge in [-0.15, -0.1) is 0 Å². The fourth-order valence-electron chi connectivity index (χ4n) is 2.83. The van der Waals surface area contributed by atoms with Gasteiger partial charge in [0.15, 0.2) is 0 Å². The molecule has 2 heteroatoms. The van der Waals surface area contributed by atoms with Crippen molar-refractivity contribution in [1.29, 1.82) is 0 Å². The molecule has 1 atom stereocenters.